The molecule has 9 heteroatoms. The Kier molecular flexibility index (Phi) is 5.27. The molecule has 2 heterocycles. The number of nitrogens with one attached hydrogen (secondary N) is 1. The van der Waals surface area contributed by atoms with E-state index in [1.165, 1.54) is 12.1 Å². The van der Waals surface area contributed by atoms with Crippen LogP contribution in [0, 0.1) is 5.82 Å². The van der Waals surface area contributed by atoms with Gasteiger partial charge in [0.2, 0.25) is 18.1 Å². The van der Waals surface area contributed by atoms with Gasteiger partial charge in [0.1, 0.15) is 12.2 Å². The monoisotopic (exact) mass is 352 g/mol. The van der Waals surface area contributed by atoms with E-state index in [0.717, 1.165) is 0 Å². The van der Waals surface area contributed by atoms with Crippen molar-refractivity contribution in [3.8, 4) is 11.5 Å². The van der Waals surface area contributed by atoms with Crippen molar-refractivity contribution in [1.29, 1.82) is 0 Å². The summed E-state index contributed by atoms with van der Waals surface area (Å²) in [7, 11) is 1.57. The van der Waals surface area contributed by atoms with Crippen molar-refractivity contribution in [3.63, 3.8) is 0 Å². The molecule has 0 aromatic heterocycles. The van der Waals surface area contributed by atoms with Crippen LogP contribution in [0.3, 0.4) is 0 Å². The Morgan fingerprint density at radius 1 is 1.32 bits per heavy atom. The summed E-state index contributed by atoms with van der Waals surface area (Å²) in [5, 5.41) is 11.7. The number of rotatable bonds is 7. The number of aliphatic hydroxyl groups is 1. The molecule has 8 nitrogen and oxygen atoms in total. The van der Waals surface area contributed by atoms with Gasteiger partial charge >= 0.3 is 0 Å². The third-order valence-electron chi connectivity index (χ3n) is 3.48. The number of hydrogen-bond acceptors (Lipinski definition) is 7. The van der Waals surface area contributed by atoms with Crippen molar-refractivity contribution in [2.24, 2.45) is 4.99 Å². The number of carbonyl (C=O) groups excluding carboxylic acids is 1. The van der Waals surface area contributed by atoms with E-state index in [1.54, 1.807) is 13.2 Å². The van der Waals surface area contributed by atoms with Crippen molar-refractivity contribution in [3.05, 3.63) is 29.1 Å². The summed E-state index contributed by atoms with van der Waals surface area (Å²) in [6, 6.07) is 3.02. The largest absolute Gasteiger partial charge is 0.488 e. The van der Waals surface area contributed by atoms with Crippen LogP contribution in [0.4, 0.5) is 4.39 Å². The number of aliphatic imine (C=N–C) groups is 1. The number of nitrogens with zero attached hydrogens (tertiary/aromatic N) is 1. The van der Waals surface area contributed by atoms with Gasteiger partial charge in [0, 0.05) is 12.7 Å². The van der Waals surface area contributed by atoms with Crippen molar-refractivity contribution in [2.75, 3.05) is 33.5 Å². The molecule has 0 fully saturated rings. The van der Waals surface area contributed by atoms with Gasteiger partial charge in [-0.2, -0.15) is 9.38 Å². The molecule has 0 bridgehead atoms. The van der Waals surface area contributed by atoms with Crippen LogP contribution in [0.5, 0.6) is 11.5 Å². The number of amides is 1. The Morgan fingerprint density at radius 3 is 2.92 bits per heavy atom. The van der Waals surface area contributed by atoms with Crippen LogP contribution in [0.25, 0.3) is 6.08 Å². The molecule has 1 unspecified atom stereocenters. The molecule has 2 N–H and O–H groups in total. The van der Waals surface area contributed by atoms with Gasteiger partial charge in [0.05, 0.1) is 19.8 Å². The molecule has 1 atom stereocenters. The molecule has 1 amide bonds. The summed E-state index contributed by atoms with van der Waals surface area (Å²) >= 11 is 0. The Balaban J connectivity index is 1.72. The molecule has 134 valence electrons. The number of halogens is 1. The van der Waals surface area contributed by atoms with Crippen molar-refractivity contribution in [1.82, 2.24) is 5.32 Å². The highest BCUT2D eigenvalue weighted by molar-refractivity contribution is 6.24. The molecule has 0 saturated carbocycles. The molecule has 1 aromatic rings. The van der Waals surface area contributed by atoms with E-state index >= 15 is 0 Å². The van der Waals surface area contributed by atoms with Gasteiger partial charge in [0.25, 0.3) is 5.91 Å². The number of carbonyl (C=O) groups is 1. The molecule has 25 heavy (non-hydrogen) atoms. The molecule has 2 aliphatic heterocycles. The van der Waals surface area contributed by atoms with E-state index in [2.05, 4.69) is 10.3 Å². The minimum atomic E-state index is -1.42. The van der Waals surface area contributed by atoms with Crippen LogP contribution in [-0.4, -0.2) is 56.8 Å². The molecule has 0 saturated heterocycles. The van der Waals surface area contributed by atoms with Crippen LogP contribution in [0.1, 0.15) is 5.56 Å². The fourth-order valence-corrected chi connectivity index (χ4v) is 2.30. The summed E-state index contributed by atoms with van der Waals surface area (Å²) in [5.41, 5.74) is 0.499. The van der Waals surface area contributed by atoms with E-state index in [4.69, 9.17) is 18.9 Å². The topological polar surface area (TPSA) is 98.6 Å². The zero-order valence-corrected chi connectivity index (χ0v) is 13.5. The first-order valence-electron chi connectivity index (χ1n) is 7.59. The lowest BCUT2D eigenvalue weighted by Crippen LogP contribution is -2.43. The van der Waals surface area contributed by atoms with Crippen molar-refractivity contribution < 1.29 is 33.2 Å². The number of methoxy groups -OCH3 is 1. The third-order valence-corrected chi connectivity index (χ3v) is 3.48. The first kappa shape index (κ1) is 17.3. The molecule has 0 radical (unpaired) electrons. The number of hydrogen-bond donors (Lipinski definition) is 2. The zero-order valence-electron chi connectivity index (χ0n) is 13.5. The van der Waals surface area contributed by atoms with Crippen LogP contribution in [-0.2, 0) is 14.3 Å². The average Bonchev–Trinajstić information content (AvgIpc) is 2.59. The average molecular weight is 352 g/mol. The Hall–Kier alpha value is -2.49. The lowest BCUT2D eigenvalue weighted by Gasteiger charge is -2.24. The van der Waals surface area contributed by atoms with Gasteiger partial charge in [0.15, 0.2) is 11.5 Å². The Labute approximate surface area is 142 Å². The Bertz CT molecular complexity index is 734. The predicted molar refractivity (Wildman–Crippen MR) is 84.8 cm³/mol. The van der Waals surface area contributed by atoms with E-state index in [9.17, 15) is 14.3 Å². The highest BCUT2D eigenvalue weighted by Crippen LogP contribution is 2.36. The quantitative estimate of drug-likeness (QED) is 0.692. The van der Waals surface area contributed by atoms with Gasteiger partial charge in [-0.15, -0.1) is 0 Å². The van der Waals surface area contributed by atoms with Crippen molar-refractivity contribution >= 4 is 17.9 Å². The van der Waals surface area contributed by atoms with Gasteiger partial charge in [-0.05, 0) is 18.2 Å². The first-order chi connectivity index (χ1) is 12.1. The molecule has 3 rings (SSSR count). The van der Waals surface area contributed by atoms with Gasteiger partial charge in [-0.25, -0.2) is 0 Å². The normalized spacial score (nSPS) is 18.4. The maximum atomic E-state index is 14.6. The summed E-state index contributed by atoms with van der Waals surface area (Å²) in [6.45, 7) is 1.33. The van der Waals surface area contributed by atoms with Gasteiger partial charge in [-0.3, -0.25) is 4.79 Å². The highest BCUT2D eigenvalue weighted by Gasteiger charge is 2.32. The highest BCUT2D eigenvalue weighted by atomic mass is 19.1. The van der Waals surface area contributed by atoms with E-state index < -0.39 is 18.1 Å². The van der Waals surface area contributed by atoms with Crippen molar-refractivity contribution in [2.45, 2.75) is 6.35 Å². The fourth-order valence-electron chi connectivity index (χ4n) is 2.30. The molecule has 2 aliphatic rings. The first-order valence-corrected chi connectivity index (χ1v) is 7.59. The van der Waals surface area contributed by atoms with Crippen LogP contribution >= 0.6 is 0 Å². The molecule has 1 aromatic carbocycles. The summed E-state index contributed by atoms with van der Waals surface area (Å²) in [4.78, 5) is 15.5. The number of aliphatic hydroxyl groups excluding tert-OH is 1. The summed E-state index contributed by atoms with van der Waals surface area (Å²) in [5.74, 6) is -1.51. The Morgan fingerprint density at radius 2 is 2.12 bits per heavy atom. The van der Waals surface area contributed by atoms with Gasteiger partial charge in [-0.1, -0.05) is 0 Å². The van der Waals surface area contributed by atoms with E-state index in [1.807, 2.05) is 0 Å². The van der Waals surface area contributed by atoms with E-state index in [-0.39, 0.29) is 36.2 Å². The number of ether oxygens (including phenoxy) is 4. The van der Waals surface area contributed by atoms with Crippen LogP contribution in [0.2, 0.25) is 0 Å². The smallest absolute Gasteiger partial charge is 0.260 e. The summed E-state index contributed by atoms with van der Waals surface area (Å²) in [6.07, 6.45) is 0.0208. The van der Waals surface area contributed by atoms with Crippen LogP contribution in [0.15, 0.2) is 22.7 Å². The second kappa shape index (κ2) is 7.60. The molecular weight excluding hydrogens is 335 g/mol. The SMILES string of the molecule is COCCOCCOc1ccc2c(c1F)OC1=NC(O)NC(=O)C1=C2. The standard InChI is InChI=1S/C16H17FN2O6/c1-22-4-5-23-6-7-24-11-3-2-9-8-10-14(20)18-16(21)19-15(10)25-13(9)12(11)17/h2-3,8,16,21H,4-7H2,1H3,(H,18,20). The van der Waals surface area contributed by atoms with Crippen LogP contribution < -0.4 is 14.8 Å². The maximum absolute atomic E-state index is 14.6. The number of benzene rings is 1. The minimum absolute atomic E-state index is 0.00708. The zero-order chi connectivity index (χ0) is 17.8. The molecule has 0 aliphatic carbocycles. The fraction of sp³-hybridized carbons (Fsp3) is 0.375. The second-order valence-corrected chi connectivity index (χ2v) is 5.19. The van der Waals surface area contributed by atoms with E-state index in [0.29, 0.717) is 18.8 Å². The molecular formula is C16H17FN2O6. The lowest BCUT2D eigenvalue weighted by molar-refractivity contribution is -0.120. The summed E-state index contributed by atoms with van der Waals surface area (Å²) < 4.78 is 35.4. The molecule has 0 spiro atoms. The lowest BCUT2D eigenvalue weighted by atomic mass is 10.0. The number of fused-ring (bicyclic) bond motifs is 2. The third kappa shape index (κ3) is 3.78. The predicted octanol–water partition coefficient (Wildman–Crippen LogP) is 0.448. The maximum Gasteiger partial charge on any atom is 0.260 e. The van der Waals surface area contributed by atoms with Gasteiger partial charge < -0.3 is 29.4 Å². The second-order valence-electron chi connectivity index (χ2n) is 5.19. The minimum Gasteiger partial charge on any atom is -0.488 e.